The fourth-order valence-electron chi connectivity index (χ4n) is 4.97. The average molecular weight is 548 g/mol. The van der Waals surface area contributed by atoms with E-state index < -0.39 is 36.6 Å². The molecule has 1 unspecified atom stereocenters. The number of hydrogen-bond donors (Lipinski definition) is 2. The van der Waals surface area contributed by atoms with Crippen molar-refractivity contribution >= 4 is 5.91 Å². The van der Waals surface area contributed by atoms with Gasteiger partial charge in [0.2, 0.25) is 5.91 Å². The van der Waals surface area contributed by atoms with Crippen molar-refractivity contribution in [1.82, 2.24) is 5.32 Å². The molecule has 40 heavy (non-hydrogen) atoms. The van der Waals surface area contributed by atoms with Gasteiger partial charge in [0, 0.05) is 6.92 Å². The summed E-state index contributed by atoms with van der Waals surface area (Å²) in [6.07, 6.45) is -3.29. The fourth-order valence-corrected chi connectivity index (χ4v) is 4.97. The second-order valence-electron chi connectivity index (χ2n) is 10.6. The Morgan fingerprint density at radius 2 is 1.27 bits per heavy atom. The van der Waals surface area contributed by atoms with Crippen LogP contribution in [-0.2, 0) is 43.6 Å². The lowest BCUT2D eigenvalue weighted by Gasteiger charge is -2.48. The van der Waals surface area contributed by atoms with E-state index in [2.05, 4.69) is 5.32 Å². The average Bonchev–Trinajstić information content (AvgIpc) is 2.97. The highest BCUT2D eigenvalue weighted by molar-refractivity contribution is 5.73. The van der Waals surface area contributed by atoms with Crippen LogP contribution in [0.1, 0.15) is 37.5 Å². The zero-order valence-electron chi connectivity index (χ0n) is 23.5. The normalized spacial score (nSPS) is 23.6. The van der Waals surface area contributed by atoms with E-state index in [1.165, 1.54) is 6.92 Å². The van der Waals surface area contributed by atoms with Gasteiger partial charge in [-0.1, -0.05) is 105 Å². The Bertz CT molecular complexity index is 1140. The van der Waals surface area contributed by atoms with Crippen LogP contribution in [0.25, 0.3) is 0 Å². The first-order valence-electron chi connectivity index (χ1n) is 14.0. The van der Waals surface area contributed by atoms with Crippen LogP contribution in [-0.4, -0.2) is 54.2 Å². The predicted molar refractivity (Wildman–Crippen MR) is 153 cm³/mol. The molecule has 0 radical (unpaired) electrons. The highest BCUT2D eigenvalue weighted by Crippen LogP contribution is 2.31. The van der Waals surface area contributed by atoms with Crippen LogP contribution >= 0.6 is 0 Å². The Morgan fingerprint density at radius 3 is 1.75 bits per heavy atom. The molecule has 1 aliphatic heterocycles. The molecule has 6 atom stereocenters. The SMILES string of the molecule is CC(=O)N[C@@H]1[C@@H](OCc2ccccc2)[C@@H](OCc2ccccc2)[C@@H](COCc2ccccc2)O[C@@H]1C(O)C(C)C. The van der Waals surface area contributed by atoms with Gasteiger partial charge in [0.15, 0.2) is 0 Å². The summed E-state index contributed by atoms with van der Waals surface area (Å²) in [5.41, 5.74) is 3.05. The first-order valence-corrected chi connectivity index (χ1v) is 14.0. The van der Waals surface area contributed by atoms with Gasteiger partial charge in [0.25, 0.3) is 0 Å². The molecule has 1 aliphatic rings. The third-order valence-corrected chi connectivity index (χ3v) is 7.08. The van der Waals surface area contributed by atoms with Crippen molar-refractivity contribution in [3.63, 3.8) is 0 Å². The lowest BCUT2D eigenvalue weighted by Crippen LogP contribution is -2.68. The van der Waals surface area contributed by atoms with Gasteiger partial charge < -0.3 is 29.4 Å². The molecule has 1 saturated heterocycles. The van der Waals surface area contributed by atoms with Crippen molar-refractivity contribution in [3.05, 3.63) is 108 Å². The molecular formula is C33H41NO6. The van der Waals surface area contributed by atoms with Crippen LogP contribution < -0.4 is 5.32 Å². The summed E-state index contributed by atoms with van der Waals surface area (Å²) in [5.74, 6) is -0.341. The molecular weight excluding hydrogens is 506 g/mol. The number of rotatable bonds is 13. The van der Waals surface area contributed by atoms with E-state index in [-0.39, 0.29) is 18.4 Å². The Balaban J connectivity index is 1.63. The molecule has 7 heteroatoms. The summed E-state index contributed by atoms with van der Waals surface area (Å²) in [6.45, 7) is 6.60. The van der Waals surface area contributed by atoms with E-state index in [4.69, 9.17) is 18.9 Å². The minimum absolute atomic E-state index is 0.108. The van der Waals surface area contributed by atoms with Crippen molar-refractivity contribution < 1.29 is 28.8 Å². The van der Waals surface area contributed by atoms with Crippen LogP contribution in [0, 0.1) is 5.92 Å². The molecule has 0 aliphatic carbocycles. The summed E-state index contributed by atoms with van der Waals surface area (Å²) in [5, 5.41) is 14.3. The molecule has 1 amide bonds. The second-order valence-corrected chi connectivity index (χ2v) is 10.6. The lowest BCUT2D eigenvalue weighted by molar-refractivity contribution is -0.250. The van der Waals surface area contributed by atoms with Crippen molar-refractivity contribution in [2.45, 2.75) is 77.2 Å². The van der Waals surface area contributed by atoms with Gasteiger partial charge in [-0.05, 0) is 22.6 Å². The largest absolute Gasteiger partial charge is 0.390 e. The molecule has 0 bridgehead atoms. The third kappa shape index (κ3) is 8.46. The monoisotopic (exact) mass is 547 g/mol. The van der Waals surface area contributed by atoms with Gasteiger partial charge >= 0.3 is 0 Å². The maximum absolute atomic E-state index is 12.4. The van der Waals surface area contributed by atoms with E-state index in [0.29, 0.717) is 19.8 Å². The van der Waals surface area contributed by atoms with Gasteiger partial charge in [-0.25, -0.2) is 0 Å². The molecule has 1 fully saturated rings. The quantitative estimate of drug-likeness (QED) is 0.324. The topological polar surface area (TPSA) is 86.3 Å². The van der Waals surface area contributed by atoms with E-state index in [1.54, 1.807) is 0 Å². The van der Waals surface area contributed by atoms with Crippen LogP contribution in [0.4, 0.5) is 0 Å². The fraction of sp³-hybridized carbons (Fsp3) is 0.424. The summed E-state index contributed by atoms with van der Waals surface area (Å²) < 4.78 is 25.8. The van der Waals surface area contributed by atoms with Gasteiger partial charge in [0.05, 0.1) is 38.6 Å². The second kappa shape index (κ2) is 15.1. The molecule has 4 rings (SSSR count). The van der Waals surface area contributed by atoms with Crippen molar-refractivity contribution in [1.29, 1.82) is 0 Å². The molecule has 1 heterocycles. The van der Waals surface area contributed by atoms with E-state index in [1.807, 2.05) is 105 Å². The Labute approximate surface area is 237 Å². The molecule has 214 valence electrons. The molecule has 3 aromatic carbocycles. The Kier molecular flexibility index (Phi) is 11.3. The number of carbonyl (C=O) groups is 1. The minimum Gasteiger partial charge on any atom is -0.390 e. The maximum atomic E-state index is 12.4. The highest BCUT2D eigenvalue weighted by atomic mass is 16.6. The summed E-state index contributed by atoms with van der Waals surface area (Å²) in [7, 11) is 0. The third-order valence-electron chi connectivity index (χ3n) is 7.08. The van der Waals surface area contributed by atoms with E-state index >= 15 is 0 Å². The van der Waals surface area contributed by atoms with Gasteiger partial charge in [-0.2, -0.15) is 0 Å². The van der Waals surface area contributed by atoms with Crippen LogP contribution in [0.15, 0.2) is 91.0 Å². The molecule has 0 saturated carbocycles. The summed E-state index contributed by atoms with van der Waals surface area (Å²) in [4.78, 5) is 12.4. The predicted octanol–water partition coefficient (Wildman–Crippen LogP) is 4.66. The molecule has 2 N–H and O–H groups in total. The molecule has 0 spiro atoms. The van der Waals surface area contributed by atoms with Gasteiger partial charge in [-0.15, -0.1) is 0 Å². The molecule has 3 aromatic rings. The maximum Gasteiger partial charge on any atom is 0.217 e. The standard InChI is InChI=1S/C33H41NO6/c1-23(2)30(36)32-29(34-24(3)35)33(39-21-27-17-11-6-12-18-27)31(38-20-26-15-9-5-10-16-26)28(40-32)22-37-19-25-13-7-4-8-14-25/h4-18,23,28-33,36H,19-22H2,1-3H3,(H,34,35)/t28-,29+,30?,31+,32+,33-/m1/s1. The zero-order valence-corrected chi connectivity index (χ0v) is 23.5. The Hall–Kier alpha value is -3.07. The highest BCUT2D eigenvalue weighted by Gasteiger charge is 2.50. The summed E-state index contributed by atoms with van der Waals surface area (Å²) in [6, 6.07) is 29.1. The van der Waals surface area contributed by atoms with Crippen LogP contribution in [0.2, 0.25) is 0 Å². The number of hydrogen-bond acceptors (Lipinski definition) is 6. The van der Waals surface area contributed by atoms with Crippen molar-refractivity contribution in [3.8, 4) is 0 Å². The van der Waals surface area contributed by atoms with Crippen molar-refractivity contribution in [2.24, 2.45) is 5.92 Å². The first-order chi connectivity index (χ1) is 19.4. The van der Waals surface area contributed by atoms with E-state index in [9.17, 15) is 9.90 Å². The Morgan fingerprint density at radius 1 is 0.800 bits per heavy atom. The number of nitrogens with one attached hydrogen (secondary N) is 1. The minimum atomic E-state index is -0.841. The van der Waals surface area contributed by atoms with Gasteiger partial charge in [-0.3, -0.25) is 4.79 Å². The number of ether oxygens (including phenoxy) is 4. The molecule has 7 nitrogen and oxygen atoms in total. The lowest BCUT2D eigenvalue weighted by atomic mass is 9.86. The molecule has 0 aromatic heterocycles. The van der Waals surface area contributed by atoms with Crippen molar-refractivity contribution in [2.75, 3.05) is 6.61 Å². The number of aliphatic hydroxyl groups excluding tert-OH is 1. The van der Waals surface area contributed by atoms with E-state index in [0.717, 1.165) is 16.7 Å². The van der Waals surface area contributed by atoms with Crippen LogP contribution in [0.3, 0.4) is 0 Å². The number of benzene rings is 3. The number of amides is 1. The van der Waals surface area contributed by atoms with Gasteiger partial charge in [0.1, 0.15) is 24.4 Å². The zero-order chi connectivity index (χ0) is 28.3. The smallest absolute Gasteiger partial charge is 0.217 e. The first kappa shape index (κ1) is 29.9. The van der Waals surface area contributed by atoms with Crippen LogP contribution in [0.5, 0.6) is 0 Å². The summed E-state index contributed by atoms with van der Waals surface area (Å²) >= 11 is 0. The number of carbonyl (C=O) groups excluding carboxylic acids is 1. The number of aliphatic hydroxyl groups is 1.